The fourth-order valence-electron chi connectivity index (χ4n) is 1.71. The van der Waals surface area contributed by atoms with Crippen LogP contribution in [-0.2, 0) is 0 Å². The molecule has 0 fully saturated rings. The summed E-state index contributed by atoms with van der Waals surface area (Å²) in [7, 11) is 1.65. The number of methoxy groups -OCH3 is 1. The Morgan fingerprint density at radius 3 is 2.53 bits per heavy atom. The maximum Gasteiger partial charge on any atom is 0.119 e. The highest BCUT2D eigenvalue weighted by molar-refractivity contribution is 7.99. The summed E-state index contributed by atoms with van der Waals surface area (Å²) < 4.78 is 5.19. The van der Waals surface area contributed by atoms with Crippen molar-refractivity contribution in [1.82, 2.24) is 0 Å². The predicted octanol–water partition coefficient (Wildman–Crippen LogP) is 4.55. The predicted molar refractivity (Wildman–Crippen MR) is 79.2 cm³/mol. The molecule has 0 spiro atoms. The molecule has 0 amide bonds. The number of ether oxygens (including phenoxy) is 1. The minimum absolute atomic E-state index is 0.552. The monoisotopic (exact) mass is 294 g/mol. The van der Waals surface area contributed by atoms with E-state index in [1.54, 1.807) is 25.8 Å². The Balaban J connectivity index is 2.21. The van der Waals surface area contributed by atoms with E-state index in [4.69, 9.17) is 16.3 Å². The number of hydrogen-bond acceptors (Lipinski definition) is 3. The van der Waals surface area contributed by atoms with Crippen LogP contribution in [0.25, 0.3) is 0 Å². The first-order valence-corrected chi connectivity index (χ1v) is 7.09. The molecule has 2 nitrogen and oxygen atoms in total. The molecule has 0 saturated heterocycles. The van der Waals surface area contributed by atoms with Crippen LogP contribution < -0.4 is 4.74 Å². The van der Waals surface area contributed by atoms with Crippen molar-refractivity contribution in [1.29, 1.82) is 0 Å². The molecular formula is C15H15ClO2S. The van der Waals surface area contributed by atoms with Crippen LogP contribution in [-0.4, -0.2) is 12.2 Å². The van der Waals surface area contributed by atoms with Crippen molar-refractivity contribution in [2.45, 2.75) is 22.8 Å². The Bertz CT molecular complexity index is 570. The van der Waals surface area contributed by atoms with Crippen molar-refractivity contribution in [3.63, 3.8) is 0 Å². The van der Waals surface area contributed by atoms with Gasteiger partial charge in [0.1, 0.15) is 5.75 Å². The average Bonchev–Trinajstić information content (AvgIpc) is 2.38. The largest absolute Gasteiger partial charge is 0.497 e. The van der Waals surface area contributed by atoms with E-state index < -0.39 is 6.10 Å². The van der Waals surface area contributed by atoms with Gasteiger partial charge in [-0.3, -0.25) is 0 Å². The van der Waals surface area contributed by atoms with Gasteiger partial charge in [0.25, 0.3) is 0 Å². The Kier molecular flexibility index (Phi) is 4.75. The standard InChI is InChI=1S/C15H15ClO2S/c1-10(17)14-7-6-13(9-15(14)16)19-12-5-3-4-11(8-12)18-2/h3-10,17H,1-2H3. The number of halogens is 1. The summed E-state index contributed by atoms with van der Waals surface area (Å²) >= 11 is 7.76. The fraction of sp³-hybridized carbons (Fsp3) is 0.200. The SMILES string of the molecule is COc1cccc(Sc2ccc(C(C)O)c(Cl)c2)c1. The highest BCUT2D eigenvalue weighted by Crippen LogP contribution is 2.33. The molecule has 2 aromatic rings. The molecule has 4 heteroatoms. The molecule has 0 saturated carbocycles. The summed E-state index contributed by atoms with van der Waals surface area (Å²) in [6, 6.07) is 13.5. The van der Waals surface area contributed by atoms with E-state index in [2.05, 4.69) is 0 Å². The van der Waals surface area contributed by atoms with Crippen LogP contribution in [0.5, 0.6) is 5.75 Å². The van der Waals surface area contributed by atoms with Gasteiger partial charge in [-0.05, 0) is 42.8 Å². The second kappa shape index (κ2) is 6.33. The lowest BCUT2D eigenvalue weighted by Gasteiger charge is -2.09. The average molecular weight is 295 g/mol. The van der Waals surface area contributed by atoms with E-state index in [9.17, 15) is 5.11 Å². The number of aliphatic hydroxyl groups is 1. The summed E-state index contributed by atoms with van der Waals surface area (Å²) in [6.07, 6.45) is -0.552. The normalized spacial score (nSPS) is 12.2. The molecule has 2 aromatic carbocycles. The number of hydrogen-bond donors (Lipinski definition) is 1. The van der Waals surface area contributed by atoms with Gasteiger partial charge in [0.05, 0.1) is 13.2 Å². The van der Waals surface area contributed by atoms with Gasteiger partial charge in [0.2, 0.25) is 0 Å². The molecule has 0 aromatic heterocycles. The number of benzene rings is 2. The molecule has 0 bridgehead atoms. The Labute approximate surface area is 122 Å². The lowest BCUT2D eigenvalue weighted by atomic mass is 10.1. The first-order chi connectivity index (χ1) is 9.10. The topological polar surface area (TPSA) is 29.5 Å². The highest BCUT2D eigenvalue weighted by Gasteiger charge is 2.08. The quantitative estimate of drug-likeness (QED) is 0.897. The van der Waals surface area contributed by atoms with E-state index in [0.29, 0.717) is 5.02 Å². The summed E-state index contributed by atoms with van der Waals surface area (Å²) in [6.45, 7) is 1.70. The van der Waals surface area contributed by atoms with Crippen molar-refractivity contribution < 1.29 is 9.84 Å². The zero-order valence-electron chi connectivity index (χ0n) is 10.8. The Hall–Kier alpha value is -1.16. The highest BCUT2D eigenvalue weighted by atomic mass is 35.5. The van der Waals surface area contributed by atoms with Crippen LogP contribution >= 0.6 is 23.4 Å². The molecule has 0 radical (unpaired) electrons. The third-order valence-corrected chi connectivity index (χ3v) is 4.01. The minimum atomic E-state index is -0.552. The van der Waals surface area contributed by atoms with Gasteiger partial charge in [0, 0.05) is 14.8 Å². The zero-order chi connectivity index (χ0) is 13.8. The first kappa shape index (κ1) is 14.3. The molecule has 1 unspecified atom stereocenters. The molecule has 0 aliphatic rings. The van der Waals surface area contributed by atoms with E-state index in [0.717, 1.165) is 21.1 Å². The summed E-state index contributed by atoms with van der Waals surface area (Å²) in [5, 5.41) is 10.1. The zero-order valence-corrected chi connectivity index (χ0v) is 12.3. The molecule has 1 N–H and O–H groups in total. The van der Waals surface area contributed by atoms with Crippen molar-refractivity contribution >= 4 is 23.4 Å². The summed E-state index contributed by atoms with van der Waals surface area (Å²) in [4.78, 5) is 2.11. The van der Waals surface area contributed by atoms with Crippen LogP contribution in [0, 0.1) is 0 Å². The maximum atomic E-state index is 9.55. The summed E-state index contributed by atoms with van der Waals surface area (Å²) in [5.74, 6) is 0.830. The number of rotatable bonds is 4. The van der Waals surface area contributed by atoms with E-state index >= 15 is 0 Å². The van der Waals surface area contributed by atoms with E-state index in [1.165, 1.54) is 0 Å². The third-order valence-electron chi connectivity index (χ3n) is 2.70. The lowest BCUT2D eigenvalue weighted by molar-refractivity contribution is 0.199. The van der Waals surface area contributed by atoms with Gasteiger partial charge >= 0.3 is 0 Å². The lowest BCUT2D eigenvalue weighted by Crippen LogP contribution is -1.92. The van der Waals surface area contributed by atoms with E-state index in [1.807, 2.05) is 42.5 Å². The second-order valence-corrected chi connectivity index (χ2v) is 5.69. The molecule has 100 valence electrons. The van der Waals surface area contributed by atoms with Crippen molar-refractivity contribution in [3.8, 4) is 5.75 Å². The smallest absolute Gasteiger partial charge is 0.119 e. The van der Waals surface area contributed by atoms with Gasteiger partial charge in [-0.2, -0.15) is 0 Å². The van der Waals surface area contributed by atoms with Crippen LogP contribution in [0.2, 0.25) is 5.02 Å². The maximum absolute atomic E-state index is 9.55. The van der Waals surface area contributed by atoms with Crippen LogP contribution in [0.1, 0.15) is 18.6 Å². The van der Waals surface area contributed by atoms with Gasteiger partial charge < -0.3 is 9.84 Å². The summed E-state index contributed by atoms with van der Waals surface area (Å²) in [5.41, 5.74) is 0.747. The van der Waals surface area contributed by atoms with Crippen LogP contribution in [0.3, 0.4) is 0 Å². The molecule has 0 aliphatic heterocycles. The fourth-order valence-corrected chi connectivity index (χ4v) is 3.02. The van der Waals surface area contributed by atoms with Crippen molar-refractivity contribution in [2.24, 2.45) is 0 Å². The Morgan fingerprint density at radius 1 is 1.16 bits per heavy atom. The van der Waals surface area contributed by atoms with Crippen molar-refractivity contribution in [2.75, 3.05) is 7.11 Å². The van der Waals surface area contributed by atoms with Gasteiger partial charge in [-0.25, -0.2) is 0 Å². The van der Waals surface area contributed by atoms with Crippen molar-refractivity contribution in [3.05, 3.63) is 53.1 Å². The van der Waals surface area contributed by atoms with Gasteiger partial charge in [-0.1, -0.05) is 35.5 Å². The first-order valence-electron chi connectivity index (χ1n) is 5.89. The van der Waals surface area contributed by atoms with Gasteiger partial charge in [-0.15, -0.1) is 0 Å². The molecule has 2 rings (SSSR count). The third kappa shape index (κ3) is 3.66. The van der Waals surface area contributed by atoms with E-state index in [-0.39, 0.29) is 0 Å². The Morgan fingerprint density at radius 2 is 1.89 bits per heavy atom. The minimum Gasteiger partial charge on any atom is -0.497 e. The molecular weight excluding hydrogens is 280 g/mol. The second-order valence-electron chi connectivity index (χ2n) is 4.14. The molecule has 19 heavy (non-hydrogen) atoms. The molecule has 0 aliphatic carbocycles. The molecule has 1 atom stereocenters. The van der Waals surface area contributed by atoms with Crippen LogP contribution in [0.4, 0.5) is 0 Å². The van der Waals surface area contributed by atoms with Crippen LogP contribution in [0.15, 0.2) is 52.3 Å². The van der Waals surface area contributed by atoms with Gasteiger partial charge in [0.15, 0.2) is 0 Å². The number of aliphatic hydroxyl groups excluding tert-OH is 1. The molecule has 0 heterocycles.